The number of ketones is 7. The number of amides is 1. The number of non-ortho nitro benzene ring substituents is 1. The van der Waals surface area contributed by atoms with Gasteiger partial charge >= 0.3 is 5.97 Å². The number of hydrogen-bond acceptors (Lipinski definition) is 18. The molecule has 133 heavy (non-hydrogen) atoms. The molecule has 20 heteroatoms. The number of esters is 1. The molecule has 0 bridgehead atoms. The van der Waals surface area contributed by atoms with Crippen molar-refractivity contribution in [3.63, 3.8) is 0 Å². The number of benzene rings is 8. The summed E-state index contributed by atoms with van der Waals surface area (Å²) in [4.78, 5) is 119. The molecule has 20 nitrogen and oxygen atoms in total. The molecular weight excluding hydrogens is 1670 g/mol. The highest BCUT2D eigenvalue weighted by atomic mass is 16.6. The summed E-state index contributed by atoms with van der Waals surface area (Å²) >= 11 is 0. The number of Topliss-reactive ketones (excluding diaryl/α,β-unsaturated/α-hetero) is 7. The number of aliphatic hydroxyl groups excluding tert-OH is 1. The number of hydrogen-bond donors (Lipinski definition) is 3. The SMILES string of the molecule is CC(C)(C)C(=O)C(O)CC(=O)c1ccccc1.CC(C)(C)C(=O)C(c1ccccc1)c1ccccc1.CC(C)(C)C(=O)CNC(=O)c1ccc([N+](=O)[O-])cc1.CC(C)(C)C(=O)c1cc(C(C)(C)C)c(O)c(C(C)(C)C)c1.CC(C)Cc1ccc(CC(=O)OC(C)(C)C)cc1.COc1cc(C(=O)C(C)(C)C)cc(OC)c1OC.Cc1ccc(C)c(OCCCC(C)(C)C(=O)C(C)(C)C)c1. The van der Waals surface area contributed by atoms with Gasteiger partial charge in [0.1, 0.15) is 34.8 Å². The molecule has 0 aliphatic rings. The largest absolute Gasteiger partial charge is 0.507 e. The van der Waals surface area contributed by atoms with Crippen molar-refractivity contribution in [1.29, 1.82) is 0 Å². The van der Waals surface area contributed by atoms with Gasteiger partial charge in [0.25, 0.3) is 11.6 Å². The van der Waals surface area contributed by atoms with Crippen molar-refractivity contribution in [2.75, 3.05) is 34.5 Å². The highest BCUT2D eigenvalue weighted by Gasteiger charge is 2.38. The average molecular weight is 1830 g/mol. The van der Waals surface area contributed by atoms with E-state index in [1.165, 1.54) is 56.7 Å². The third-order valence-electron chi connectivity index (χ3n) is 20.9. The van der Waals surface area contributed by atoms with Gasteiger partial charge in [-0.2, -0.15) is 0 Å². The van der Waals surface area contributed by atoms with E-state index in [1.54, 1.807) is 77.9 Å². The van der Waals surface area contributed by atoms with E-state index in [-0.39, 0.29) is 97.9 Å². The number of ether oxygens (including phenoxy) is 5. The molecule has 8 aromatic carbocycles. The first-order valence-corrected chi connectivity index (χ1v) is 45.7. The lowest BCUT2D eigenvalue weighted by molar-refractivity contribution is -0.384. The molecule has 0 spiro atoms. The second-order valence-corrected chi connectivity index (χ2v) is 44.0. The van der Waals surface area contributed by atoms with Gasteiger partial charge in [0, 0.05) is 89.8 Å². The lowest BCUT2D eigenvalue weighted by Crippen LogP contribution is -2.35. The lowest BCUT2D eigenvalue weighted by atomic mass is 9.72. The number of rotatable bonds is 26. The molecular formula is C113H158N2O18. The molecule has 8 aromatic rings. The van der Waals surface area contributed by atoms with Gasteiger partial charge in [-0.15, -0.1) is 0 Å². The van der Waals surface area contributed by atoms with Gasteiger partial charge < -0.3 is 39.2 Å². The van der Waals surface area contributed by atoms with Crippen LogP contribution in [0.5, 0.6) is 28.7 Å². The molecule has 0 saturated heterocycles. The highest BCUT2D eigenvalue weighted by molar-refractivity contribution is 6.03. The van der Waals surface area contributed by atoms with Crippen LogP contribution in [0.2, 0.25) is 0 Å². The number of nitrogens with zero attached hydrogens (tertiary/aromatic N) is 1. The van der Waals surface area contributed by atoms with E-state index in [1.807, 2.05) is 209 Å². The molecule has 1 unspecified atom stereocenters. The van der Waals surface area contributed by atoms with E-state index in [0.717, 1.165) is 58.4 Å². The van der Waals surface area contributed by atoms with Crippen LogP contribution in [-0.4, -0.2) is 114 Å². The average Bonchev–Trinajstić information content (AvgIpc) is 0.769. The van der Waals surface area contributed by atoms with Crippen molar-refractivity contribution in [1.82, 2.24) is 5.32 Å². The Bertz CT molecular complexity index is 5010. The fourth-order valence-corrected chi connectivity index (χ4v) is 13.5. The van der Waals surface area contributed by atoms with Crippen LogP contribution >= 0.6 is 0 Å². The van der Waals surface area contributed by atoms with E-state index < -0.39 is 44.2 Å². The molecule has 3 N–H and O–H groups in total. The van der Waals surface area contributed by atoms with Gasteiger partial charge in [0.2, 0.25) is 5.75 Å². The number of carbonyl (C=O) groups excluding carboxylic acids is 9. The van der Waals surface area contributed by atoms with Crippen molar-refractivity contribution < 1.29 is 82.0 Å². The number of phenols is 1. The van der Waals surface area contributed by atoms with E-state index in [4.69, 9.17) is 23.7 Å². The van der Waals surface area contributed by atoms with Crippen LogP contribution in [0, 0.1) is 67.8 Å². The maximum atomic E-state index is 12.8. The Kier molecular flexibility index (Phi) is 44.9. The van der Waals surface area contributed by atoms with Gasteiger partial charge in [-0.3, -0.25) is 53.3 Å². The molecule has 0 aliphatic heterocycles. The summed E-state index contributed by atoms with van der Waals surface area (Å²) < 4.78 is 26.8. The van der Waals surface area contributed by atoms with E-state index in [0.29, 0.717) is 64.4 Å². The molecule has 8 rings (SSSR count). The first-order valence-electron chi connectivity index (χ1n) is 45.7. The van der Waals surface area contributed by atoms with E-state index in [2.05, 4.69) is 105 Å². The second-order valence-electron chi connectivity index (χ2n) is 44.0. The molecule has 728 valence electrons. The third kappa shape index (κ3) is 41.0. The zero-order valence-corrected chi connectivity index (χ0v) is 86.9. The summed E-state index contributed by atoms with van der Waals surface area (Å²) in [5.41, 5.74) is 6.69. The van der Waals surface area contributed by atoms with Crippen LogP contribution in [0.15, 0.2) is 182 Å². The van der Waals surface area contributed by atoms with Crippen molar-refractivity contribution in [3.05, 3.63) is 259 Å². The molecule has 0 aromatic heterocycles. The Balaban J connectivity index is 0.000000526. The summed E-state index contributed by atoms with van der Waals surface area (Å²) in [7, 11) is 4.59. The number of nitro benzene ring substituents is 1. The molecule has 0 heterocycles. The van der Waals surface area contributed by atoms with Crippen molar-refractivity contribution >= 4 is 58.0 Å². The van der Waals surface area contributed by atoms with Gasteiger partial charge in [-0.05, 0) is 146 Å². The minimum absolute atomic E-state index is 0.0294. The lowest BCUT2D eigenvalue weighted by Gasteiger charge is -2.30. The smallest absolute Gasteiger partial charge is 0.310 e. The quantitative estimate of drug-likeness (QED) is 0.0149. The molecule has 0 fully saturated rings. The molecule has 1 amide bonds. The summed E-state index contributed by atoms with van der Waals surface area (Å²) in [5, 5.41) is 33.3. The standard InChI is InChI=1S/2C19H30O2.C18H20O.C16H24O2.C14H20O4.C14H18O3.C13H16N2O4/c1-17(2,3)13-10-12(16(21)19(7,8)9)11-14(15(13)20)18(4,5)6;1-14-9-10-15(2)16(13-14)21-12-8-11-19(6,7)17(20)18(3,4)5;1-18(2,3)17(19)16(14-10-6-4-7-11-14)15-12-8-5-9-13-15;1-12(2)10-13-6-8-14(9-7-13)11-15(17)18-16(3,4)5;1-14(2,3)13(15)9-7-10(16-4)12(18-6)11(8-9)17-5;1-14(2,3)13(17)12(16)9-11(15)10-7-5-4-6-8-10;1-13(2,3)11(16)8-14-12(17)9-4-6-10(7-5-9)15(18)19/h10-11,20H,1-9H3;9-10,13H,8,11-12H2,1-7H3;4-13,16H,1-3H3;6-9,12H,10-11H2,1-5H3;7-8H,1-6H3;4-8,12,16H,9H2,1-3H3;4-7H,8H2,1-3H3,(H,14,17). The topological polar surface area (TPSA) is 295 Å². The van der Waals surface area contributed by atoms with Crippen molar-refractivity contribution in [2.45, 2.75) is 289 Å². The van der Waals surface area contributed by atoms with Crippen LogP contribution in [0.4, 0.5) is 5.69 Å². The highest BCUT2D eigenvalue weighted by Crippen LogP contribution is 2.43. The Morgan fingerprint density at radius 2 is 0.887 bits per heavy atom. The van der Waals surface area contributed by atoms with Crippen LogP contribution in [-0.2, 0) is 52.4 Å². The maximum Gasteiger partial charge on any atom is 0.310 e. The number of aromatic hydroxyl groups is 1. The zero-order chi connectivity index (χ0) is 102. The Morgan fingerprint density at radius 1 is 0.459 bits per heavy atom. The summed E-state index contributed by atoms with van der Waals surface area (Å²) in [6.45, 7) is 65.0. The van der Waals surface area contributed by atoms with Crippen LogP contribution in [0.25, 0.3) is 0 Å². The summed E-state index contributed by atoms with van der Waals surface area (Å²) in [5.74, 6) is 2.75. The minimum atomic E-state index is -1.22. The van der Waals surface area contributed by atoms with E-state index in [9.17, 15) is 63.5 Å². The number of carbonyl (C=O) groups is 9. The predicted octanol–water partition coefficient (Wildman–Crippen LogP) is 25.6. The molecule has 1 atom stereocenters. The number of nitro groups is 1. The summed E-state index contributed by atoms with van der Waals surface area (Å²) in [6, 6.07) is 55.5. The number of nitrogens with one attached hydrogen (secondary N) is 1. The van der Waals surface area contributed by atoms with Gasteiger partial charge in [0.05, 0.1) is 51.7 Å². The number of aliphatic hydroxyl groups is 1. The van der Waals surface area contributed by atoms with Crippen LogP contribution in [0.3, 0.4) is 0 Å². The zero-order valence-electron chi connectivity index (χ0n) is 86.9. The first kappa shape index (κ1) is 118. The maximum absolute atomic E-state index is 12.8. The van der Waals surface area contributed by atoms with Gasteiger partial charge in [-0.25, -0.2) is 0 Å². The van der Waals surface area contributed by atoms with E-state index >= 15 is 0 Å². The Hall–Kier alpha value is -11.3. The van der Waals surface area contributed by atoms with Crippen LogP contribution in [0.1, 0.15) is 326 Å². The van der Waals surface area contributed by atoms with Crippen LogP contribution < -0.4 is 24.3 Å². The number of aryl methyl sites for hydroxylation is 2. The van der Waals surface area contributed by atoms with Crippen molar-refractivity contribution in [2.24, 2.45) is 43.8 Å². The van der Waals surface area contributed by atoms with Gasteiger partial charge in [-0.1, -0.05) is 321 Å². The molecule has 0 saturated carbocycles. The number of phenolic OH excluding ortho intramolecular Hbond substituents is 1. The first-order chi connectivity index (χ1) is 60.8. The Labute approximate surface area is 795 Å². The minimum Gasteiger partial charge on any atom is -0.507 e. The fraction of sp³-hybridized carbons (Fsp3) is 0.496. The summed E-state index contributed by atoms with van der Waals surface area (Å²) in [6.07, 6.45) is 1.80. The fourth-order valence-electron chi connectivity index (χ4n) is 13.5. The molecule has 0 radical (unpaired) electrons. The van der Waals surface area contributed by atoms with Crippen molar-refractivity contribution in [3.8, 4) is 28.7 Å². The molecule has 0 aliphatic carbocycles. The predicted molar refractivity (Wildman–Crippen MR) is 538 cm³/mol. The Morgan fingerprint density at radius 3 is 1.26 bits per heavy atom. The monoisotopic (exact) mass is 1830 g/mol. The number of methoxy groups -OCH3 is 3. The van der Waals surface area contributed by atoms with Gasteiger partial charge in [0.15, 0.2) is 40.4 Å². The normalized spacial score (nSPS) is 12.0. The second kappa shape index (κ2) is 50.7. The third-order valence-corrected chi connectivity index (χ3v) is 20.9.